The highest BCUT2D eigenvalue weighted by atomic mass is 32.2. The molecule has 0 saturated carbocycles. The number of aromatic nitrogens is 4. The smallest absolute Gasteiger partial charge is 0.211 e. The van der Waals surface area contributed by atoms with Crippen LogP contribution in [0.4, 0.5) is 0 Å². The summed E-state index contributed by atoms with van der Waals surface area (Å²) in [5.41, 5.74) is 3.08. The number of nitrogens with zero attached hydrogens (tertiary/aromatic N) is 4. The van der Waals surface area contributed by atoms with Gasteiger partial charge in [-0.15, -0.1) is 10.2 Å². The monoisotopic (exact) mass is 330 g/mol. The van der Waals surface area contributed by atoms with Crippen molar-refractivity contribution in [2.24, 2.45) is 0 Å². The number of fused-ring (bicyclic) bond motifs is 3. The van der Waals surface area contributed by atoms with Crippen LogP contribution in [0.25, 0.3) is 22.1 Å². The van der Waals surface area contributed by atoms with Crippen LogP contribution >= 0.6 is 11.8 Å². The number of hydrogen-bond acceptors (Lipinski definition) is 4. The molecule has 3 rings (SSSR count). The molecule has 0 fully saturated rings. The zero-order chi connectivity index (χ0) is 16.2. The van der Waals surface area contributed by atoms with Crippen molar-refractivity contribution in [3.8, 4) is 0 Å². The SMILES string of the molecule is CCSc1nnc2c3ccccc3n(CC[NH+](CC)CC)c2n1. The zero-order valence-corrected chi connectivity index (χ0v) is 14.9. The van der Waals surface area contributed by atoms with Gasteiger partial charge in [0.2, 0.25) is 5.16 Å². The van der Waals surface area contributed by atoms with E-state index in [-0.39, 0.29) is 0 Å². The standard InChI is InChI=1S/C17H23N5S/c1-4-21(5-2)11-12-22-14-10-8-7-9-13(14)15-16(22)18-17(20-19-15)23-6-3/h7-10H,4-6,11-12H2,1-3H3/p+1. The Kier molecular flexibility index (Phi) is 5.13. The van der Waals surface area contributed by atoms with Crippen LogP contribution < -0.4 is 4.90 Å². The Hall–Kier alpha value is -1.66. The average molecular weight is 330 g/mol. The minimum Gasteiger partial charge on any atom is -0.334 e. The van der Waals surface area contributed by atoms with Gasteiger partial charge in [-0.25, -0.2) is 4.98 Å². The van der Waals surface area contributed by atoms with Gasteiger partial charge in [0.05, 0.1) is 31.7 Å². The lowest BCUT2D eigenvalue weighted by atomic mass is 10.2. The molecule has 3 aromatic rings. The van der Waals surface area contributed by atoms with Gasteiger partial charge in [-0.1, -0.05) is 36.9 Å². The maximum atomic E-state index is 4.77. The molecule has 0 aliphatic heterocycles. The highest BCUT2D eigenvalue weighted by Crippen LogP contribution is 2.26. The summed E-state index contributed by atoms with van der Waals surface area (Å²) in [6.07, 6.45) is 0. The third-order valence-electron chi connectivity index (χ3n) is 4.32. The third-order valence-corrected chi connectivity index (χ3v) is 5.04. The molecule has 0 amide bonds. The summed E-state index contributed by atoms with van der Waals surface area (Å²) in [6, 6.07) is 8.40. The number of quaternary nitrogens is 1. The Labute approximate surface area is 141 Å². The summed E-state index contributed by atoms with van der Waals surface area (Å²) in [7, 11) is 0. The molecule has 0 spiro atoms. The quantitative estimate of drug-likeness (QED) is 0.673. The largest absolute Gasteiger partial charge is 0.334 e. The fourth-order valence-electron chi connectivity index (χ4n) is 2.98. The lowest BCUT2D eigenvalue weighted by Gasteiger charge is -2.16. The van der Waals surface area contributed by atoms with Gasteiger partial charge in [-0.05, 0) is 25.7 Å². The third kappa shape index (κ3) is 3.19. The highest BCUT2D eigenvalue weighted by molar-refractivity contribution is 7.99. The molecule has 0 saturated heterocycles. The van der Waals surface area contributed by atoms with Crippen molar-refractivity contribution in [3.05, 3.63) is 24.3 Å². The van der Waals surface area contributed by atoms with E-state index in [1.165, 1.54) is 5.52 Å². The van der Waals surface area contributed by atoms with Crippen molar-refractivity contribution >= 4 is 33.8 Å². The number of nitrogens with one attached hydrogen (secondary N) is 1. The summed E-state index contributed by atoms with van der Waals surface area (Å²) in [6.45, 7) is 10.9. The molecule has 0 aliphatic carbocycles. The van der Waals surface area contributed by atoms with Crippen LogP contribution in [0.1, 0.15) is 20.8 Å². The van der Waals surface area contributed by atoms with Gasteiger partial charge in [0.15, 0.2) is 5.65 Å². The van der Waals surface area contributed by atoms with Crippen molar-refractivity contribution in [1.82, 2.24) is 19.7 Å². The van der Waals surface area contributed by atoms with E-state index in [2.05, 4.69) is 59.8 Å². The summed E-state index contributed by atoms with van der Waals surface area (Å²) in [5, 5.41) is 10.6. The van der Waals surface area contributed by atoms with Gasteiger partial charge in [0.25, 0.3) is 0 Å². The van der Waals surface area contributed by atoms with E-state index in [1.807, 2.05) is 0 Å². The highest BCUT2D eigenvalue weighted by Gasteiger charge is 2.15. The van der Waals surface area contributed by atoms with Crippen molar-refractivity contribution in [3.63, 3.8) is 0 Å². The predicted octanol–water partition coefficient (Wildman–Crippen LogP) is 2.02. The van der Waals surface area contributed by atoms with Crippen molar-refractivity contribution in [2.45, 2.75) is 32.5 Å². The molecule has 2 heterocycles. The molecule has 0 atom stereocenters. The van der Waals surface area contributed by atoms with Gasteiger partial charge < -0.3 is 9.47 Å². The predicted molar refractivity (Wildman–Crippen MR) is 96.1 cm³/mol. The first-order valence-corrected chi connectivity index (χ1v) is 9.35. The van der Waals surface area contributed by atoms with E-state index in [0.29, 0.717) is 0 Å². The van der Waals surface area contributed by atoms with Crippen LogP contribution in [-0.4, -0.2) is 45.1 Å². The number of rotatable bonds is 7. The van der Waals surface area contributed by atoms with Crippen LogP contribution in [0.2, 0.25) is 0 Å². The van der Waals surface area contributed by atoms with E-state index in [0.717, 1.165) is 53.6 Å². The second kappa shape index (κ2) is 7.27. The molecule has 0 unspecified atom stereocenters. The summed E-state index contributed by atoms with van der Waals surface area (Å²) >= 11 is 1.64. The van der Waals surface area contributed by atoms with Crippen molar-refractivity contribution in [2.75, 3.05) is 25.4 Å². The minimum absolute atomic E-state index is 0.763. The van der Waals surface area contributed by atoms with E-state index in [9.17, 15) is 0 Å². The molecule has 0 radical (unpaired) electrons. The van der Waals surface area contributed by atoms with Crippen molar-refractivity contribution < 1.29 is 4.90 Å². The molecule has 122 valence electrons. The average Bonchev–Trinajstić information content (AvgIpc) is 2.90. The van der Waals surface area contributed by atoms with Gasteiger partial charge >= 0.3 is 0 Å². The Morgan fingerprint density at radius 1 is 1.09 bits per heavy atom. The molecule has 2 aromatic heterocycles. The summed E-state index contributed by atoms with van der Waals surface area (Å²) in [4.78, 5) is 6.37. The van der Waals surface area contributed by atoms with Crippen LogP contribution in [0.15, 0.2) is 29.4 Å². The lowest BCUT2D eigenvalue weighted by molar-refractivity contribution is -0.897. The Morgan fingerprint density at radius 3 is 2.61 bits per heavy atom. The summed E-state index contributed by atoms with van der Waals surface area (Å²) in [5.74, 6) is 0.955. The van der Waals surface area contributed by atoms with Gasteiger partial charge in [0, 0.05) is 5.39 Å². The minimum atomic E-state index is 0.763. The number of likely N-dealkylation sites (N-methyl/N-ethyl adjacent to an activating group) is 1. The van der Waals surface area contributed by atoms with Gasteiger partial charge in [-0.3, -0.25) is 0 Å². The van der Waals surface area contributed by atoms with E-state index < -0.39 is 0 Å². The first-order valence-electron chi connectivity index (χ1n) is 8.36. The zero-order valence-electron chi connectivity index (χ0n) is 14.0. The van der Waals surface area contributed by atoms with Crippen LogP contribution in [0.3, 0.4) is 0 Å². The van der Waals surface area contributed by atoms with E-state index in [1.54, 1.807) is 16.7 Å². The first kappa shape index (κ1) is 16.2. The normalized spacial score (nSPS) is 11.8. The maximum Gasteiger partial charge on any atom is 0.211 e. The molecule has 1 N–H and O–H groups in total. The molecule has 0 aliphatic rings. The molecule has 0 bridgehead atoms. The molecule has 23 heavy (non-hydrogen) atoms. The second-order valence-corrected chi connectivity index (χ2v) is 6.81. The first-order chi connectivity index (χ1) is 11.3. The molecule has 6 heteroatoms. The number of hydrogen-bond donors (Lipinski definition) is 1. The summed E-state index contributed by atoms with van der Waals surface area (Å²) < 4.78 is 2.31. The Bertz CT molecular complexity index is 794. The fraction of sp³-hybridized carbons (Fsp3) is 0.471. The fourth-order valence-corrected chi connectivity index (χ4v) is 3.49. The topological polar surface area (TPSA) is 48.0 Å². The Balaban J connectivity index is 2.09. The van der Waals surface area contributed by atoms with Crippen LogP contribution in [0.5, 0.6) is 0 Å². The molecular formula is C17H24N5S+. The number of thioether (sulfide) groups is 1. The number of para-hydroxylation sites is 1. The molecule has 1 aromatic carbocycles. The number of benzene rings is 1. The van der Waals surface area contributed by atoms with Crippen LogP contribution in [-0.2, 0) is 6.54 Å². The lowest BCUT2D eigenvalue weighted by Crippen LogP contribution is -3.11. The van der Waals surface area contributed by atoms with Gasteiger partial charge in [-0.2, -0.15) is 0 Å². The molecular weight excluding hydrogens is 306 g/mol. The van der Waals surface area contributed by atoms with E-state index in [4.69, 9.17) is 4.98 Å². The second-order valence-electron chi connectivity index (χ2n) is 5.58. The van der Waals surface area contributed by atoms with Crippen molar-refractivity contribution in [1.29, 1.82) is 0 Å². The Morgan fingerprint density at radius 2 is 1.87 bits per heavy atom. The van der Waals surface area contributed by atoms with Crippen LogP contribution in [0, 0.1) is 0 Å². The maximum absolute atomic E-state index is 4.77. The van der Waals surface area contributed by atoms with Gasteiger partial charge in [0.1, 0.15) is 5.52 Å². The van der Waals surface area contributed by atoms with E-state index >= 15 is 0 Å². The molecule has 5 nitrogen and oxygen atoms in total.